The lowest BCUT2D eigenvalue weighted by Gasteiger charge is -2.23. The summed E-state index contributed by atoms with van der Waals surface area (Å²) in [5.74, 6) is -3.56. The molecule has 0 aliphatic heterocycles. The summed E-state index contributed by atoms with van der Waals surface area (Å²) < 4.78 is 0. The molecule has 0 aliphatic rings. The fraction of sp³-hybridized carbons (Fsp3) is 0.444. The molecule has 1 aromatic rings. The molecule has 10 nitrogen and oxygen atoms in total. The van der Waals surface area contributed by atoms with Crippen molar-refractivity contribution in [2.45, 2.75) is 37.5 Å². The normalized spacial score (nSPS) is 14.8. The minimum atomic E-state index is -1.41. The molecular formula is C18H26N4O6S. The van der Waals surface area contributed by atoms with E-state index in [-0.39, 0.29) is 12.2 Å². The third kappa shape index (κ3) is 8.10. The van der Waals surface area contributed by atoms with Gasteiger partial charge in [0, 0.05) is 12.2 Å². The molecule has 1 rings (SSSR count). The Bertz CT molecular complexity index is 716. The molecular weight excluding hydrogens is 400 g/mol. The Morgan fingerprint density at radius 3 is 1.97 bits per heavy atom. The number of thiol groups is 1. The van der Waals surface area contributed by atoms with Crippen molar-refractivity contribution in [3.05, 3.63) is 35.9 Å². The molecule has 0 fully saturated rings. The van der Waals surface area contributed by atoms with E-state index in [0.717, 1.165) is 0 Å². The number of nitrogens with two attached hydrogens (primary N) is 1. The first-order chi connectivity index (χ1) is 13.7. The second kappa shape index (κ2) is 12.0. The molecule has 1 aromatic carbocycles. The van der Waals surface area contributed by atoms with Gasteiger partial charge in [0.1, 0.15) is 18.1 Å². The average Bonchev–Trinajstić information content (AvgIpc) is 2.69. The quantitative estimate of drug-likeness (QED) is 0.201. The number of amides is 3. The Morgan fingerprint density at radius 1 is 0.966 bits per heavy atom. The number of hydrogen-bond acceptors (Lipinski definition) is 7. The smallest absolute Gasteiger partial charge is 0.326 e. The van der Waals surface area contributed by atoms with Crippen LogP contribution in [0.5, 0.6) is 0 Å². The first-order valence-corrected chi connectivity index (χ1v) is 9.48. The number of nitrogens with one attached hydrogen (secondary N) is 3. The lowest BCUT2D eigenvalue weighted by atomic mass is 10.1. The number of carboxylic acid groups (broad SMARTS) is 1. The van der Waals surface area contributed by atoms with Gasteiger partial charge in [-0.1, -0.05) is 30.3 Å². The predicted octanol–water partition coefficient (Wildman–Crippen LogP) is -1.96. The lowest BCUT2D eigenvalue weighted by molar-refractivity contribution is -0.142. The molecule has 0 bridgehead atoms. The van der Waals surface area contributed by atoms with E-state index in [1.165, 1.54) is 6.92 Å². The van der Waals surface area contributed by atoms with Crippen LogP contribution in [0.2, 0.25) is 0 Å². The zero-order chi connectivity index (χ0) is 22.0. The molecule has 160 valence electrons. The van der Waals surface area contributed by atoms with Crippen molar-refractivity contribution in [3.63, 3.8) is 0 Å². The molecule has 0 saturated heterocycles. The summed E-state index contributed by atoms with van der Waals surface area (Å²) in [5.41, 5.74) is 6.13. The number of aliphatic hydroxyl groups excluding tert-OH is 1. The van der Waals surface area contributed by atoms with Crippen molar-refractivity contribution in [3.8, 4) is 0 Å². The van der Waals surface area contributed by atoms with Crippen molar-refractivity contribution >= 4 is 36.3 Å². The highest BCUT2D eigenvalue weighted by atomic mass is 32.1. The van der Waals surface area contributed by atoms with Crippen molar-refractivity contribution < 1.29 is 29.4 Å². The number of rotatable bonds is 11. The molecule has 0 aromatic heterocycles. The van der Waals surface area contributed by atoms with Crippen LogP contribution in [0.25, 0.3) is 0 Å². The maximum Gasteiger partial charge on any atom is 0.326 e. The van der Waals surface area contributed by atoms with Gasteiger partial charge in [0.25, 0.3) is 0 Å². The SMILES string of the molecule is CC(N)C(=O)NC(CS)C(=O)NC(CO)C(=O)NC(Cc1ccccc1)C(=O)O. The van der Waals surface area contributed by atoms with Gasteiger partial charge in [-0.05, 0) is 12.5 Å². The summed E-state index contributed by atoms with van der Waals surface area (Å²) in [6.45, 7) is 0.668. The third-order valence-corrected chi connectivity index (χ3v) is 4.31. The summed E-state index contributed by atoms with van der Waals surface area (Å²) in [6, 6.07) is 4.08. The predicted molar refractivity (Wildman–Crippen MR) is 108 cm³/mol. The summed E-state index contributed by atoms with van der Waals surface area (Å²) in [7, 11) is 0. The van der Waals surface area contributed by atoms with Gasteiger partial charge < -0.3 is 31.9 Å². The monoisotopic (exact) mass is 426 g/mol. The first kappa shape index (κ1) is 24.4. The molecule has 29 heavy (non-hydrogen) atoms. The Labute approximate surface area is 173 Å². The topological polar surface area (TPSA) is 171 Å². The van der Waals surface area contributed by atoms with Crippen LogP contribution in [0.3, 0.4) is 0 Å². The van der Waals surface area contributed by atoms with Gasteiger partial charge in [0.15, 0.2) is 0 Å². The van der Waals surface area contributed by atoms with Crippen molar-refractivity contribution in [1.29, 1.82) is 0 Å². The maximum absolute atomic E-state index is 12.4. The van der Waals surface area contributed by atoms with Gasteiger partial charge in [-0.3, -0.25) is 14.4 Å². The Balaban J connectivity index is 2.76. The van der Waals surface area contributed by atoms with E-state index < -0.39 is 54.5 Å². The molecule has 4 atom stereocenters. The van der Waals surface area contributed by atoms with E-state index >= 15 is 0 Å². The highest BCUT2D eigenvalue weighted by Crippen LogP contribution is 2.04. The number of carbonyl (C=O) groups is 4. The zero-order valence-corrected chi connectivity index (χ0v) is 16.8. The summed E-state index contributed by atoms with van der Waals surface area (Å²) in [6.07, 6.45) is 0.0255. The van der Waals surface area contributed by atoms with Crippen LogP contribution >= 0.6 is 12.6 Å². The van der Waals surface area contributed by atoms with E-state index in [0.29, 0.717) is 5.56 Å². The number of carbonyl (C=O) groups excluding carboxylic acids is 3. The summed E-state index contributed by atoms with van der Waals surface area (Å²) in [5, 5.41) is 25.8. The van der Waals surface area contributed by atoms with Gasteiger partial charge in [0.05, 0.1) is 12.6 Å². The van der Waals surface area contributed by atoms with E-state index in [1.807, 2.05) is 0 Å². The van der Waals surface area contributed by atoms with E-state index in [4.69, 9.17) is 5.73 Å². The molecule has 0 saturated carbocycles. The molecule has 0 spiro atoms. The minimum Gasteiger partial charge on any atom is -0.480 e. The van der Waals surface area contributed by atoms with Gasteiger partial charge in [-0.15, -0.1) is 0 Å². The number of carboxylic acids is 1. The van der Waals surface area contributed by atoms with Crippen LogP contribution in [0.15, 0.2) is 30.3 Å². The maximum atomic E-state index is 12.4. The largest absolute Gasteiger partial charge is 0.480 e. The zero-order valence-electron chi connectivity index (χ0n) is 15.9. The van der Waals surface area contributed by atoms with Gasteiger partial charge in [-0.25, -0.2) is 4.79 Å². The second-order valence-electron chi connectivity index (χ2n) is 6.37. The fourth-order valence-electron chi connectivity index (χ4n) is 2.29. The third-order valence-electron chi connectivity index (χ3n) is 3.94. The Kier molecular flexibility index (Phi) is 10.1. The van der Waals surface area contributed by atoms with E-state index in [1.54, 1.807) is 30.3 Å². The van der Waals surface area contributed by atoms with Crippen LogP contribution in [-0.4, -0.2) is 70.4 Å². The number of aliphatic carboxylic acids is 1. The first-order valence-electron chi connectivity index (χ1n) is 8.84. The molecule has 11 heteroatoms. The van der Waals surface area contributed by atoms with Crippen LogP contribution in [0, 0.1) is 0 Å². The average molecular weight is 426 g/mol. The van der Waals surface area contributed by atoms with Crippen molar-refractivity contribution in [1.82, 2.24) is 16.0 Å². The summed E-state index contributed by atoms with van der Waals surface area (Å²) in [4.78, 5) is 47.8. The molecule has 7 N–H and O–H groups in total. The lowest BCUT2D eigenvalue weighted by Crippen LogP contribution is -2.58. The molecule has 3 amide bonds. The van der Waals surface area contributed by atoms with Gasteiger partial charge in [-0.2, -0.15) is 12.6 Å². The van der Waals surface area contributed by atoms with Crippen LogP contribution < -0.4 is 21.7 Å². The Hall–Kier alpha value is -2.63. The minimum absolute atomic E-state index is 0.0255. The Morgan fingerprint density at radius 2 is 1.48 bits per heavy atom. The number of hydrogen-bond donors (Lipinski definition) is 7. The molecule has 0 aliphatic carbocycles. The van der Waals surface area contributed by atoms with Crippen molar-refractivity contribution in [2.24, 2.45) is 5.73 Å². The van der Waals surface area contributed by atoms with Crippen molar-refractivity contribution in [2.75, 3.05) is 12.4 Å². The van der Waals surface area contributed by atoms with Crippen LogP contribution in [0.4, 0.5) is 0 Å². The van der Waals surface area contributed by atoms with Gasteiger partial charge >= 0.3 is 5.97 Å². The fourth-order valence-corrected chi connectivity index (χ4v) is 2.54. The van der Waals surface area contributed by atoms with Crippen LogP contribution in [0.1, 0.15) is 12.5 Å². The highest BCUT2D eigenvalue weighted by molar-refractivity contribution is 7.80. The number of aliphatic hydroxyl groups is 1. The number of benzene rings is 1. The van der Waals surface area contributed by atoms with Gasteiger partial charge in [0.2, 0.25) is 17.7 Å². The molecule has 4 unspecified atom stereocenters. The van der Waals surface area contributed by atoms with Crippen LogP contribution in [-0.2, 0) is 25.6 Å². The van der Waals surface area contributed by atoms with E-state index in [9.17, 15) is 29.4 Å². The molecule has 0 radical (unpaired) electrons. The standard InChI is InChI=1S/C18H26N4O6S/c1-10(19)15(24)22-14(9-29)17(26)21-13(8-23)16(25)20-12(18(27)28)7-11-5-3-2-4-6-11/h2-6,10,12-14,23,29H,7-9,19H2,1H3,(H,20,25)(H,21,26)(H,22,24)(H,27,28). The summed E-state index contributed by atoms with van der Waals surface area (Å²) >= 11 is 3.98. The highest BCUT2D eigenvalue weighted by Gasteiger charge is 2.29. The second-order valence-corrected chi connectivity index (χ2v) is 6.73. The van der Waals surface area contributed by atoms with E-state index in [2.05, 4.69) is 28.6 Å². The molecule has 0 heterocycles.